The molecule has 0 aromatic carbocycles. The highest BCUT2D eigenvalue weighted by molar-refractivity contribution is 5.63. The highest BCUT2D eigenvalue weighted by Gasteiger charge is 2.00. The Balaban J connectivity index is 2.27. The van der Waals surface area contributed by atoms with E-state index in [1.165, 1.54) is 16.7 Å². The van der Waals surface area contributed by atoms with Crippen LogP contribution in [-0.4, -0.2) is 14.4 Å². The Morgan fingerprint density at radius 1 is 0.882 bits per heavy atom. The molecule has 17 heavy (non-hydrogen) atoms. The summed E-state index contributed by atoms with van der Waals surface area (Å²) in [6.07, 6.45) is 6.76. The molecule has 0 N–H and O–H groups in total. The number of nitrogens with zero attached hydrogens (tertiary/aromatic N) is 3. The molecule has 0 fully saturated rings. The maximum atomic E-state index is 11.7. The van der Waals surface area contributed by atoms with E-state index in [0.717, 1.165) is 11.1 Å². The van der Waals surface area contributed by atoms with Gasteiger partial charge in [0, 0.05) is 30.9 Å². The summed E-state index contributed by atoms with van der Waals surface area (Å²) in [6.45, 7) is 0. The fraction of sp³-hybridized carbons (Fsp3) is 0. The topological polar surface area (TPSA) is 47.3 Å². The number of hydrogen-bond acceptors (Lipinski definition) is 3. The van der Waals surface area contributed by atoms with E-state index in [1.54, 1.807) is 18.6 Å². The zero-order chi connectivity index (χ0) is 11.7. The molecule has 0 saturated heterocycles. The van der Waals surface area contributed by atoms with Crippen molar-refractivity contribution in [1.82, 2.24) is 14.4 Å². The van der Waals surface area contributed by atoms with E-state index < -0.39 is 0 Å². The normalized spacial score (nSPS) is 10.6. The third-order valence-electron chi connectivity index (χ3n) is 2.60. The third kappa shape index (κ3) is 1.69. The second-order valence-corrected chi connectivity index (χ2v) is 3.66. The summed E-state index contributed by atoms with van der Waals surface area (Å²) in [5.74, 6) is 0. The molecule has 0 aliphatic heterocycles. The molecule has 82 valence electrons. The second kappa shape index (κ2) is 3.83. The molecule has 0 aliphatic carbocycles. The van der Waals surface area contributed by atoms with E-state index >= 15 is 0 Å². The van der Waals surface area contributed by atoms with Crippen molar-refractivity contribution in [2.24, 2.45) is 0 Å². The van der Waals surface area contributed by atoms with Crippen molar-refractivity contribution in [3.63, 3.8) is 0 Å². The molecule has 0 aliphatic rings. The van der Waals surface area contributed by atoms with E-state index in [4.69, 9.17) is 0 Å². The second-order valence-electron chi connectivity index (χ2n) is 3.66. The van der Waals surface area contributed by atoms with Gasteiger partial charge in [0.25, 0.3) is 5.56 Å². The van der Waals surface area contributed by atoms with Gasteiger partial charge >= 0.3 is 0 Å². The predicted octanol–water partition coefficient (Wildman–Crippen LogP) is 1.76. The Labute approximate surface area is 97.2 Å². The van der Waals surface area contributed by atoms with Crippen LogP contribution in [0.3, 0.4) is 0 Å². The van der Waals surface area contributed by atoms with Crippen LogP contribution in [0.2, 0.25) is 0 Å². The molecule has 4 nitrogen and oxygen atoms in total. The smallest absolute Gasteiger partial charge is 0.257 e. The number of pyridine rings is 2. The first-order valence-corrected chi connectivity index (χ1v) is 5.22. The Hall–Kier alpha value is -2.49. The molecule has 3 rings (SSSR count). The van der Waals surface area contributed by atoms with E-state index in [2.05, 4.69) is 9.97 Å². The number of rotatable bonds is 1. The van der Waals surface area contributed by atoms with Gasteiger partial charge in [-0.25, -0.2) is 4.98 Å². The summed E-state index contributed by atoms with van der Waals surface area (Å²) in [4.78, 5) is 19.8. The maximum absolute atomic E-state index is 11.7. The Kier molecular flexibility index (Phi) is 2.19. The fourth-order valence-corrected chi connectivity index (χ4v) is 1.75. The van der Waals surface area contributed by atoms with Crippen LogP contribution in [-0.2, 0) is 0 Å². The van der Waals surface area contributed by atoms with Gasteiger partial charge in [-0.2, -0.15) is 0 Å². The summed E-state index contributed by atoms with van der Waals surface area (Å²) in [7, 11) is 0. The van der Waals surface area contributed by atoms with Gasteiger partial charge in [0.15, 0.2) is 0 Å². The standard InChI is InChI=1S/C13H9N3O/c17-13-5-8-15-12-2-1-11(9-16(12)13)10-3-6-14-7-4-10/h1-9H. The summed E-state index contributed by atoms with van der Waals surface area (Å²) < 4.78 is 1.54. The van der Waals surface area contributed by atoms with Crippen LogP contribution in [0.15, 0.2) is 59.9 Å². The van der Waals surface area contributed by atoms with E-state index in [9.17, 15) is 4.79 Å². The van der Waals surface area contributed by atoms with Gasteiger partial charge in [0.1, 0.15) is 5.65 Å². The molecular weight excluding hydrogens is 214 g/mol. The van der Waals surface area contributed by atoms with Crippen LogP contribution < -0.4 is 5.56 Å². The van der Waals surface area contributed by atoms with Crippen molar-refractivity contribution < 1.29 is 0 Å². The summed E-state index contributed by atoms with van der Waals surface area (Å²) in [5.41, 5.74) is 2.56. The van der Waals surface area contributed by atoms with Gasteiger partial charge < -0.3 is 0 Å². The van der Waals surface area contributed by atoms with Gasteiger partial charge in [0.2, 0.25) is 0 Å². The van der Waals surface area contributed by atoms with E-state index in [1.807, 2.05) is 24.3 Å². The lowest BCUT2D eigenvalue weighted by Crippen LogP contribution is -2.12. The Morgan fingerprint density at radius 3 is 2.53 bits per heavy atom. The van der Waals surface area contributed by atoms with Crippen molar-refractivity contribution in [2.75, 3.05) is 0 Å². The minimum atomic E-state index is -0.0779. The van der Waals surface area contributed by atoms with Crippen molar-refractivity contribution in [2.45, 2.75) is 0 Å². The molecule has 0 amide bonds. The van der Waals surface area contributed by atoms with Crippen LogP contribution in [0.5, 0.6) is 0 Å². The Morgan fingerprint density at radius 2 is 1.71 bits per heavy atom. The molecule has 0 radical (unpaired) electrons. The minimum absolute atomic E-state index is 0.0779. The average Bonchev–Trinajstić information content (AvgIpc) is 2.40. The molecule has 0 atom stereocenters. The van der Waals surface area contributed by atoms with Crippen LogP contribution in [0.1, 0.15) is 0 Å². The van der Waals surface area contributed by atoms with Crippen LogP contribution in [0.4, 0.5) is 0 Å². The molecule has 0 bridgehead atoms. The summed E-state index contributed by atoms with van der Waals surface area (Å²) in [5, 5.41) is 0. The molecule has 3 heterocycles. The summed E-state index contributed by atoms with van der Waals surface area (Å²) in [6, 6.07) is 9.03. The lowest BCUT2D eigenvalue weighted by molar-refractivity contribution is 1.05. The summed E-state index contributed by atoms with van der Waals surface area (Å²) >= 11 is 0. The van der Waals surface area contributed by atoms with Crippen molar-refractivity contribution in [3.05, 3.63) is 65.5 Å². The third-order valence-corrected chi connectivity index (χ3v) is 2.60. The lowest BCUT2D eigenvalue weighted by atomic mass is 10.1. The maximum Gasteiger partial charge on any atom is 0.257 e. The van der Waals surface area contributed by atoms with Crippen molar-refractivity contribution >= 4 is 5.65 Å². The van der Waals surface area contributed by atoms with Gasteiger partial charge in [-0.05, 0) is 35.4 Å². The zero-order valence-electron chi connectivity index (χ0n) is 8.95. The quantitative estimate of drug-likeness (QED) is 0.631. The Bertz CT molecular complexity index is 719. The van der Waals surface area contributed by atoms with Gasteiger partial charge in [-0.3, -0.25) is 14.2 Å². The molecule has 0 saturated carbocycles. The molecule has 3 aromatic rings. The first kappa shape index (κ1) is 9.72. The molecule has 0 spiro atoms. The van der Waals surface area contributed by atoms with E-state index in [0.29, 0.717) is 5.65 Å². The van der Waals surface area contributed by atoms with Crippen LogP contribution in [0, 0.1) is 0 Å². The fourth-order valence-electron chi connectivity index (χ4n) is 1.75. The average molecular weight is 223 g/mol. The first-order chi connectivity index (χ1) is 8.34. The minimum Gasteiger partial charge on any atom is -0.269 e. The molecule has 0 unspecified atom stereocenters. The predicted molar refractivity (Wildman–Crippen MR) is 64.7 cm³/mol. The highest BCUT2D eigenvalue weighted by Crippen LogP contribution is 2.17. The van der Waals surface area contributed by atoms with Crippen LogP contribution in [0.25, 0.3) is 16.8 Å². The first-order valence-electron chi connectivity index (χ1n) is 5.22. The van der Waals surface area contributed by atoms with Crippen LogP contribution >= 0.6 is 0 Å². The number of hydrogen-bond donors (Lipinski definition) is 0. The lowest BCUT2D eigenvalue weighted by Gasteiger charge is -2.03. The molecular formula is C13H9N3O. The SMILES string of the molecule is O=c1ccnc2ccc(-c3ccncc3)cn12. The van der Waals surface area contributed by atoms with Gasteiger partial charge in [-0.15, -0.1) is 0 Å². The monoisotopic (exact) mass is 223 g/mol. The van der Waals surface area contributed by atoms with Crippen molar-refractivity contribution in [1.29, 1.82) is 0 Å². The largest absolute Gasteiger partial charge is 0.269 e. The molecule has 4 heteroatoms. The van der Waals surface area contributed by atoms with Gasteiger partial charge in [-0.1, -0.05) is 0 Å². The highest BCUT2D eigenvalue weighted by atomic mass is 16.1. The zero-order valence-corrected chi connectivity index (χ0v) is 8.95. The van der Waals surface area contributed by atoms with Crippen molar-refractivity contribution in [3.8, 4) is 11.1 Å². The number of aromatic nitrogens is 3. The molecule has 3 aromatic heterocycles. The van der Waals surface area contributed by atoms with Gasteiger partial charge in [0.05, 0.1) is 0 Å². The van der Waals surface area contributed by atoms with E-state index in [-0.39, 0.29) is 5.56 Å². The number of fused-ring (bicyclic) bond motifs is 1.